The lowest BCUT2D eigenvalue weighted by Gasteiger charge is -2.29. The molecule has 4 rings (SSSR count). The summed E-state index contributed by atoms with van der Waals surface area (Å²) in [5, 5.41) is 2.93. The molecule has 2 atom stereocenters. The van der Waals surface area contributed by atoms with Crippen molar-refractivity contribution in [1.82, 2.24) is 10.2 Å². The number of nitrogens with one attached hydrogen (secondary N) is 1. The summed E-state index contributed by atoms with van der Waals surface area (Å²) in [5.41, 5.74) is 2.74. The number of carbonyl (C=O) groups is 2. The minimum absolute atomic E-state index is 0.0614. The van der Waals surface area contributed by atoms with Crippen molar-refractivity contribution in [3.05, 3.63) is 59.2 Å². The standard InChI is InChI=1S/C23H26N2O4S/c1-23(2)19(25-21(27)15-7-5-6-8-16(15)22(25)30-23)20(26)24-12-11-14-9-10-17(28-3)18(13-14)29-4/h5-10,13,19,22H,11-12H2,1-4H3,(H,24,26). The van der Waals surface area contributed by atoms with Crippen molar-refractivity contribution in [2.45, 2.75) is 36.4 Å². The van der Waals surface area contributed by atoms with Gasteiger partial charge >= 0.3 is 0 Å². The SMILES string of the molecule is COc1ccc(CCNC(=O)C2N3C(=O)c4ccccc4C3SC2(C)C)cc1OC. The highest BCUT2D eigenvalue weighted by Crippen LogP contribution is 2.56. The molecule has 2 amide bonds. The van der Waals surface area contributed by atoms with Gasteiger partial charge in [-0.2, -0.15) is 0 Å². The highest BCUT2D eigenvalue weighted by Gasteiger charge is 2.57. The van der Waals surface area contributed by atoms with E-state index in [0.717, 1.165) is 11.1 Å². The molecular weight excluding hydrogens is 400 g/mol. The molecule has 0 bridgehead atoms. The summed E-state index contributed by atoms with van der Waals surface area (Å²) < 4.78 is 10.2. The summed E-state index contributed by atoms with van der Waals surface area (Å²) in [4.78, 5) is 27.9. The molecule has 2 aromatic carbocycles. The van der Waals surface area contributed by atoms with Crippen LogP contribution >= 0.6 is 11.8 Å². The molecule has 2 aliphatic heterocycles. The van der Waals surface area contributed by atoms with E-state index < -0.39 is 6.04 Å². The number of methoxy groups -OCH3 is 2. The van der Waals surface area contributed by atoms with E-state index in [1.165, 1.54) is 0 Å². The molecule has 0 spiro atoms. The van der Waals surface area contributed by atoms with Gasteiger partial charge in [-0.3, -0.25) is 9.59 Å². The molecule has 0 aliphatic carbocycles. The largest absolute Gasteiger partial charge is 0.493 e. The summed E-state index contributed by atoms with van der Waals surface area (Å²) in [6.45, 7) is 4.54. The number of hydrogen-bond donors (Lipinski definition) is 1. The summed E-state index contributed by atoms with van der Waals surface area (Å²) in [6.07, 6.45) is 0.657. The van der Waals surface area contributed by atoms with E-state index in [1.807, 2.05) is 56.3 Å². The Morgan fingerprint density at radius 3 is 2.60 bits per heavy atom. The van der Waals surface area contributed by atoms with Crippen LogP contribution in [-0.4, -0.2) is 48.3 Å². The van der Waals surface area contributed by atoms with Crippen molar-refractivity contribution in [3.63, 3.8) is 0 Å². The summed E-state index contributed by atoms with van der Waals surface area (Å²) in [5.74, 6) is 1.16. The fourth-order valence-electron chi connectivity index (χ4n) is 4.27. The van der Waals surface area contributed by atoms with Crippen LogP contribution in [0.5, 0.6) is 11.5 Å². The quantitative estimate of drug-likeness (QED) is 0.767. The molecule has 1 N–H and O–H groups in total. The van der Waals surface area contributed by atoms with Gasteiger partial charge in [0.2, 0.25) is 5.91 Å². The molecule has 6 nitrogen and oxygen atoms in total. The van der Waals surface area contributed by atoms with Crippen molar-refractivity contribution in [3.8, 4) is 11.5 Å². The highest BCUT2D eigenvalue weighted by atomic mass is 32.2. The topological polar surface area (TPSA) is 67.9 Å². The first kappa shape index (κ1) is 20.6. The van der Waals surface area contributed by atoms with Gasteiger partial charge in [0.05, 0.1) is 14.2 Å². The number of benzene rings is 2. The Kier molecular flexibility index (Phi) is 5.40. The predicted octanol–water partition coefficient (Wildman–Crippen LogP) is 3.41. The Morgan fingerprint density at radius 1 is 1.13 bits per heavy atom. The van der Waals surface area contributed by atoms with Crippen molar-refractivity contribution in [1.29, 1.82) is 0 Å². The molecule has 1 saturated heterocycles. The Bertz CT molecular complexity index is 991. The Hall–Kier alpha value is -2.67. The number of thioether (sulfide) groups is 1. The second kappa shape index (κ2) is 7.87. The maximum Gasteiger partial charge on any atom is 0.256 e. The zero-order valence-electron chi connectivity index (χ0n) is 17.6. The average Bonchev–Trinajstić information content (AvgIpc) is 3.17. The normalized spacial score (nSPS) is 21.2. The van der Waals surface area contributed by atoms with E-state index in [2.05, 4.69) is 5.32 Å². The molecule has 0 radical (unpaired) electrons. The van der Waals surface area contributed by atoms with E-state index in [0.29, 0.717) is 30.0 Å². The van der Waals surface area contributed by atoms with E-state index in [-0.39, 0.29) is 21.9 Å². The van der Waals surface area contributed by atoms with Crippen LogP contribution in [-0.2, 0) is 11.2 Å². The van der Waals surface area contributed by atoms with Crippen LogP contribution in [0.15, 0.2) is 42.5 Å². The van der Waals surface area contributed by atoms with Gasteiger partial charge in [-0.15, -0.1) is 11.8 Å². The lowest BCUT2D eigenvalue weighted by Crippen LogP contribution is -2.52. The number of carbonyl (C=O) groups excluding carboxylic acids is 2. The third kappa shape index (κ3) is 3.41. The molecular formula is C23H26N2O4S. The zero-order valence-corrected chi connectivity index (χ0v) is 18.4. The predicted molar refractivity (Wildman–Crippen MR) is 117 cm³/mol. The average molecular weight is 427 g/mol. The van der Waals surface area contributed by atoms with Crippen LogP contribution in [0.4, 0.5) is 0 Å². The summed E-state index contributed by atoms with van der Waals surface area (Å²) >= 11 is 1.67. The fourth-order valence-corrected chi connectivity index (χ4v) is 5.86. The number of ether oxygens (including phenoxy) is 2. The number of nitrogens with zero attached hydrogens (tertiary/aromatic N) is 1. The second-order valence-corrected chi connectivity index (χ2v) is 9.74. The van der Waals surface area contributed by atoms with Gasteiger partial charge in [-0.05, 0) is 49.6 Å². The van der Waals surface area contributed by atoms with Gasteiger partial charge in [0.15, 0.2) is 11.5 Å². The lowest BCUT2D eigenvalue weighted by molar-refractivity contribution is -0.126. The molecule has 1 fully saturated rings. The Morgan fingerprint density at radius 2 is 1.87 bits per heavy atom. The maximum atomic E-state index is 13.2. The molecule has 2 aliphatic rings. The molecule has 7 heteroatoms. The van der Waals surface area contributed by atoms with Crippen LogP contribution in [0, 0.1) is 0 Å². The molecule has 0 aromatic heterocycles. The Balaban J connectivity index is 1.45. The van der Waals surface area contributed by atoms with Gasteiger partial charge in [-0.1, -0.05) is 24.3 Å². The van der Waals surface area contributed by atoms with E-state index in [4.69, 9.17) is 9.47 Å². The first-order valence-electron chi connectivity index (χ1n) is 9.95. The molecule has 158 valence electrons. The first-order valence-corrected chi connectivity index (χ1v) is 10.8. The van der Waals surface area contributed by atoms with Gasteiger partial charge in [0.1, 0.15) is 11.4 Å². The van der Waals surface area contributed by atoms with Gasteiger partial charge in [0.25, 0.3) is 5.91 Å². The summed E-state index contributed by atoms with van der Waals surface area (Å²) in [6, 6.07) is 12.9. The Labute approximate surface area is 180 Å². The van der Waals surface area contributed by atoms with Crippen LogP contribution in [0.2, 0.25) is 0 Å². The maximum absolute atomic E-state index is 13.2. The molecule has 2 heterocycles. The van der Waals surface area contributed by atoms with Crippen LogP contribution < -0.4 is 14.8 Å². The molecule has 30 heavy (non-hydrogen) atoms. The van der Waals surface area contributed by atoms with E-state index in [1.54, 1.807) is 30.9 Å². The lowest BCUT2D eigenvalue weighted by atomic mass is 10.0. The van der Waals surface area contributed by atoms with Crippen LogP contribution in [0.1, 0.15) is 40.7 Å². The van der Waals surface area contributed by atoms with Gasteiger partial charge in [-0.25, -0.2) is 0 Å². The van der Waals surface area contributed by atoms with Gasteiger partial charge in [0, 0.05) is 16.9 Å². The highest BCUT2D eigenvalue weighted by molar-refractivity contribution is 8.01. The molecule has 2 unspecified atom stereocenters. The monoisotopic (exact) mass is 426 g/mol. The minimum Gasteiger partial charge on any atom is -0.493 e. The zero-order chi connectivity index (χ0) is 21.5. The van der Waals surface area contributed by atoms with Crippen LogP contribution in [0.3, 0.4) is 0 Å². The van der Waals surface area contributed by atoms with Crippen molar-refractivity contribution < 1.29 is 19.1 Å². The smallest absolute Gasteiger partial charge is 0.256 e. The van der Waals surface area contributed by atoms with E-state index >= 15 is 0 Å². The minimum atomic E-state index is -0.516. The van der Waals surface area contributed by atoms with Gasteiger partial charge < -0.3 is 19.7 Å². The number of rotatable bonds is 6. The second-order valence-electron chi connectivity index (χ2n) is 8.01. The number of amides is 2. The van der Waals surface area contributed by atoms with Crippen LogP contribution in [0.25, 0.3) is 0 Å². The molecule has 0 saturated carbocycles. The van der Waals surface area contributed by atoms with Crippen molar-refractivity contribution >= 4 is 23.6 Å². The number of hydrogen-bond acceptors (Lipinski definition) is 5. The third-order valence-electron chi connectivity index (χ3n) is 5.71. The van der Waals surface area contributed by atoms with Crippen molar-refractivity contribution in [2.75, 3.05) is 20.8 Å². The number of fused-ring (bicyclic) bond motifs is 3. The third-order valence-corrected chi connectivity index (χ3v) is 7.24. The van der Waals surface area contributed by atoms with E-state index in [9.17, 15) is 9.59 Å². The fraction of sp³-hybridized carbons (Fsp3) is 0.391. The molecule has 2 aromatic rings. The first-order chi connectivity index (χ1) is 14.4. The summed E-state index contributed by atoms with van der Waals surface area (Å²) in [7, 11) is 3.20. The van der Waals surface area contributed by atoms with Crippen molar-refractivity contribution in [2.24, 2.45) is 0 Å².